The van der Waals surface area contributed by atoms with Crippen molar-refractivity contribution in [2.45, 2.75) is 31.8 Å². The number of hydrogen-bond donors (Lipinski definition) is 1. The lowest BCUT2D eigenvalue weighted by Gasteiger charge is -2.46. The number of hydrogen-bond acceptors (Lipinski definition) is 3. The molecule has 0 bridgehead atoms. The molecule has 0 radical (unpaired) electrons. The Morgan fingerprint density at radius 2 is 2.09 bits per heavy atom. The fraction of sp³-hybridized carbons (Fsp3) is 0.529. The van der Waals surface area contributed by atoms with Gasteiger partial charge in [-0.15, -0.1) is 0 Å². The van der Waals surface area contributed by atoms with Gasteiger partial charge in [-0.25, -0.2) is 4.39 Å². The van der Waals surface area contributed by atoms with Crippen LogP contribution in [0.5, 0.6) is 0 Å². The zero-order valence-electron chi connectivity index (χ0n) is 13.5. The SMILES string of the molecule is Cc1cc(C(=O)NC2CN(C3CCCN(C)C3=O)C2)ccc1F. The fourth-order valence-corrected chi connectivity index (χ4v) is 3.26. The molecule has 0 aliphatic carbocycles. The maximum absolute atomic E-state index is 13.3. The number of halogens is 1. The molecule has 1 unspecified atom stereocenters. The van der Waals surface area contributed by atoms with Crippen LogP contribution in [0.3, 0.4) is 0 Å². The van der Waals surface area contributed by atoms with E-state index in [4.69, 9.17) is 0 Å². The third-order valence-corrected chi connectivity index (χ3v) is 4.74. The van der Waals surface area contributed by atoms with Crippen LogP contribution in [-0.4, -0.2) is 60.4 Å². The quantitative estimate of drug-likeness (QED) is 0.910. The molecule has 0 aromatic heterocycles. The molecule has 1 aromatic rings. The van der Waals surface area contributed by atoms with Crippen LogP contribution < -0.4 is 5.32 Å². The van der Waals surface area contributed by atoms with Crippen molar-refractivity contribution in [1.29, 1.82) is 0 Å². The molecule has 23 heavy (non-hydrogen) atoms. The molecule has 2 amide bonds. The molecule has 6 heteroatoms. The van der Waals surface area contributed by atoms with E-state index in [-0.39, 0.29) is 29.7 Å². The number of nitrogens with one attached hydrogen (secondary N) is 1. The van der Waals surface area contributed by atoms with Gasteiger partial charge in [0.2, 0.25) is 5.91 Å². The van der Waals surface area contributed by atoms with Crippen LogP contribution in [0.1, 0.15) is 28.8 Å². The standard InChI is InChI=1S/C17H22FN3O2/c1-11-8-12(5-6-14(11)18)16(22)19-13-9-21(10-13)15-4-3-7-20(2)17(15)23/h5-6,8,13,15H,3-4,7,9-10H2,1-2H3,(H,19,22). The first-order valence-corrected chi connectivity index (χ1v) is 8.02. The number of aryl methyl sites for hydroxylation is 1. The molecule has 0 spiro atoms. The highest BCUT2D eigenvalue weighted by Gasteiger charge is 2.39. The van der Waals surface area contributed by atoms with Gasteiger partial charge in [-0.05, 0) is 43.5 Å². The van der Waals surface area contributed by atoms with Crippen LogP contribution in [0.15, 0.2) is 18.2 Å². The van der Waals surface area contributed by atoms with Gasteiger partial charge in [0.25, 0.3) is 5.91 Å². The summed E-state index contributed by atoms with van der Waals surface area (Å²) in [5, 5.41) is 2.95. The molecule has 124 valence electrons. The second kappa shape index (κ2) is 6.28. The van der Waals surface area contributed by atoms with Crippen LogP contribution in [0.4, 0.5) is 4.39 Å². The molecule has 2 fully saturated rings. The second-order valence-corrected chi connectivity index (χ2v) is 6.51. The van der Waals surface area contributed by atoms with Crippen molar-refractivity contribution in [3.05, 3.63) is 35.1 Å². The number of carbonyl (C=O) groups is 2. The van der Waals surface area contributed by atoms with Crippen molar-refractivity contribution in [3.8, 4) is 0 Å². The summed E-state index contributed by atoms with van der Waals surface area (Å²) in [6.07, 6.45) is 1.91. The molecule has 1 N–H and O–H groups in total. The van der Waals surface area contributed by atoms with E-state index < -0.39 is 0 Å². The molecule has 1 atom stereocenters. The summed E-state index contributed by atoms with van der Waals surface area (Å²) in [5.41, 5.74) is 0.930. The Kier molecular flexibility index (Phi) is 4.35. The molecule has 2 heterocycles. The molecular formula is C17H22FN3O2. The van der Waals surface area contributed by atoms with Gasteiger partial charge in [-0.1, -0.05) is 0 Å². The summed E-state index contributed by atoms with van der Waals surface area (Å²) >= 11 is 0. The van der Waals surface area contributed by atoms with Gasteiger partial charge in [0, 0.05) is 32.2 Å². The minimum atomic E-state index is -0.309. The third-order valence-electron chi connectivity index (χ3n) is 4.74. The largest absolute Gasteiger partial charge is 0.347 e. The zero-order chi connectivity index (χ0) is 16.6. The summed E-state index contributed by atoms with van der Waals surface area (Å²) in [4.78, 5) is 28.2. The summed E-state index contributed by atoms with van der Waals surface area (Å²) < 4.78 is 13.3. The Morgan fingerprint density at radius 1 is 1.35 bits per heavy atom. The van der Waals surface area contributed by atoms with Crippen molar-refractivity contribution in [1.82, 2.24) is 15.1 Å². The highest BCUT2D eigenvalue weighted by Crippen LogP contribution is 2.22. The van der Waals surface area contributed by atoms with Crippen LogP contribution in [-0.2, 0) is 4.79 Å². The lowest BCUT2D eigenvalue weighted by atomic mass is 9.97. The lowest BCUT2D eigenvalue weighted by Crippen LogP contribution is -2.65. The van der Waals surface area contributed by atoms with Crippen molar-refractivity contribution >= 4 is 11.8 Å². The van der Waals surface area contributed by atoms with Gasteiger partial charge in [-0.2, -0.15) is 0 Å². The van der Waals surface area contributed by atoms with Gasteiger partial charge in [-0.3, -0.25) is 14.5 Å². The van der Waals surface area contributed by atoms with Gasteiger partial charge in [0.05, 0.1) is 12.1 Å². The average Bonchev–Trinajstić information content (AvgIpc) is 2.48. The Bertz CT molecular complexity index is 628. The van der Waals surface area contributed by atoms with Crippen LogP contribution in [0.2, 0.25) is 0 Å². The van der Waals surface area contributed by atoms with Crippen LogP contribution in [0, 0.1) is 12.7 Å². The number of benzene rings is 1. The van der Waals surface area contributed by atoms with Crippen LogP contribution in [0.25, 0.3) is 0 Å². The second-order valence-electron chi connectivity index (χ2n) is 6.51. The first-order valence-electron chi connectivity index (χ1n) is 8.02. The first kappa shape index (κ1) is 15.9. The number of nitrogens with zero attached hydrogens (tertiary/aromatic N) is 2. The number of likely N-dealkylation sites (N-methyl/N-ethyl adjacent to an activating group) is 1. The third kappa shape index (κ3) is 3.22. The Balaban J connectivity index is 1.52. The lowest BCUT2D eigenvalue weighted by molar-refractivity contribution is -0.141. The summed E-state index contributed by atoms with van der Waals surface area (Å²) in [5.74, 6) is -0.323. The maximum Gasteiger partial charge on any atom is 0.251 e. The van der Waals surface area contributed by atoms with Gasteiger partial charge < -0.3 is 10.2 Å². The van der Waals surface area contributed by atoms with Gasteiger partial charge in [0.1, 0.15) is 5.82 Å². The Morgan fingerprint density at radius 3 is 2.78 bits per heavy atom. The minimum absolute atomic E-state index is 0.0463. The Hall–Kier alpha value is -1.95. The van der Waals surface area contributed by atoms with E-state index in [2.05, 4.69) is 10.2 Å². The van der Waals surface area contributed by atoms with E-state index in [1.165, 1.54) is 12.1 Å². The average molecular weight is 319 g/mol. The van der Waals surface area contributed by atoms with E-state index in [0.717, 1.165) is 19.4 Å². The van der Waals surface area contributed by atoms with E-state index in [1.807, 2.05) is 7.05 Å². The predicted molar refractivity (Wildman–Crippen MR) is 84.6 cm³/mol. The first-order chi connectivity index (χ1) is 11.0. The number of amides is 2. The summed E-state index contributed by atoms with van der Waals surface area (Å²) in [6, 6.07) is 4.37. The topological polar surface area (TPSA) is 52.7 Å². The van der Waals surface area contributed by atoms with E-state index in [1.54, 1.807) is 17.9 Å². The normalized spacial score (nSPS) is 22.8. The van der Waals surface area contributed by atoms with E-state index in [0.29, 0.717) is 24.2 Å². The highest BCUT2D eigenvalue weighted by molar-refractivity contribution is 5.94. The molecule has 2 saturated heterocycles. The molecular weight excluding hydrogens is 297 g/mol. The van der Waals surface area contributed by atoms with E-state index in [9.17, 15) is 14.0 Å². The Labute approximate surface area is 135 Å². The predicted octanol–water partition coefficient (Wildman–Crippen LogP) is 1.17. The van der Waals surface area contributed by atoms with Gasteiger partial charge >= 0.3 is 0 Å². The van der Waals surface area contributed by atoms with Crippen molar-refractivity contribution in [2.75, 3.05) is 26.7 Å². The molecule has 2 aliphatic heterocycles. The minimum Gasteiger partial charge on any atom is -0.347 e. The zero-order valence-corrected chi connectivity index (χ0v) is 13.5. The van der Waals surface area contributed by atoms with Crippen molar-refractivity contribution in [2.24, 2.45) is 0 Å². The summed E-state index contributed by atoms with van der Waals surface area (Å²) in [7, 11) is 1.84. The van der Waals surface area contributed by atoms with Crippen molar-refractivity contribution in [3.63, 3.8) is 0 Å². The number of piperidine rings is 1. The molecule has 1 aromatic carbocycles. The summed E-state index contributed by atoms with van der Waals surface area (Å²) in [6.45, 7) is 3.85. The molecule has 2 aliphatic rings. The van der Waals surface area contributed by atoms with Crippen molar-refractivity contribution < 1.29 is 14.0 Å². The molecule has 5 nitrogen and oxygen atoms in total. The van der Waals surface area contributed by atoms with Gasteiger partial charge in [0.15, 0.2) is 0 Å². The number of rotatable bonds is 3. The molecule has 3 rings (SSSR count). The highest BCUT2D eigenvalue weighted by atomic mass is 19.1. The fourth-order valence-electron chi connectivity index (χ4n) is 3.26. The maximum atomic E-state index is 13.3. The number of likely N-dealkylation sites (tertiary alicyclic amines) is 2. The number of carbonyl (C=O) groups excluding carboxylic acids is 2. The monoisotopic (exact) mass is 319 g/mol. The smallest absolute Gasteiger partial charge is 0.251 e. The van der Waals surface area contributed by atoms with E-state index >= 15 is 0 Å². The van der Waals surface area contributed by atoms with Crippen LogP contribution >= 0.6 is 0 Å². The molecule has 0 saturated carbocycles.